The normalized spacial score (nSPS) is 14.6. The lowest BCUT2D eigenvalue weighted by atomic mass is 10.0. The number of hydrogen-bond acceptors (Lipinski definition) is 6. The second-order valence-electron chi connectivity index (χ2n) is 9.42. The molecule has 0 spiro atoms. The van der Waals surface area contributed by atoms with Crippen LogP contribution in [0.3, 0.4) is 0 Å². The molecule has 1 saturated heterocycles. The van der Waals surface area contributed by atoms with Crippen molar-refractivity contribution in [1.82, 2.24) is 19.8 Å². The molecule has 2 heterocycles. The van der Waals surface area contributed by atoms with Crippen LogP contribution in [0.25, 0.3) is 11.3 Å². The van der Waals surface area contributed by atoms with Crippen molar-refractivity contribution in [2.24, 2.45) is 0 Å². The van der Waals surface area contributed by atoms with Crippen molar-refractivity contribution in [2.75, 3.05) is 46.5 Å². The molecule has 226 valence electrons. The first-order chi connectivity index (χ1) is 19.7. The summed E-state index contributed by atoms with van der Waals surface area (Å²) in [5.74, 6) is -1.49. The Morgan fingerprint density at radius 2 is 1.69 bits per heavy atom. The quantitative estimate of drug-likeness (QED) is 0.290. The van der Waals surface area contributed by atoms with Crippen molar-refractivity contribution < 1.29 is 45.0 Å². The van der Waals surface area contributed by atoms with Crippen molar-refractivity contribution in [3.05, 3.63) is 75.7 Å². The summed E-state index contributed by atoms with van der Waals surface area (Å²) in [7, 11) is 1.19. The highest BCUT2D eigenvalue weighted by Gasteiger charge is 2.37. The summed E-state index contributed by atoms with van der Waals surface area (Å²) in [5, 5.41) is -0.0997. The first kappa shape index (κ1) is 31.4. The molecule has 3 aromatic rings. The number of rotatable bonds is 8. The van der Waals surface area contributed by atoms with Crippen LogP contribution in [-0.4, -0.2) is 72.2 Å². The van der Waals surface area contributed by atoms with E-state index in [2.05, 4.69) is 14.9 Å². The van der Waals surface area contributed by atoms with E-state index in [-0.39, 0.29) is 40.5 Å². The zero-order valence-electron chi connectivity index (χ0n) is 22.0. The molecule has 4 rings (SSSR count). The first-order valence-electron chi connectivity index (χ1n) is 12.5. The maximum absolute atomic E-state index is 13.8. The van der Waals surface area contributed by atoms with Gasteiger partial charge in [-0.3, -0.25) is 9.69 Å². The van der Waals surface area contributed by atoms with Gasteiger partial charge in [-0.1, -0.05) is 11.6 Å². The van der Waals surface area contributed by atoms with Crippen LogP contribution in [0.4, 0.5) is 30.7 Å². The van der Waals surface area contributed by atoms with E-state index in [4.69, 9.17) is 21.1 Å². The molecule has 1 amide bonds. The van der Waals surface area contributed by atoms with Crippen LogP contribution in [0.2, 0.25) is 5.02 Å². The highest BCUT2D eigenvalue weighted by atomic mass is 35.5. The van der Waals surface area contributed by atoms with Gasteiger partial charge in [-0.25, -0.2) is 9.37 Å². The molecule has 0 N–H and O–H groups in total. The molecule has 2 aromatic carbocycles. The Labute approximate surface area is 240 Å². The molecule has 0 saturated carbocycles. The maximum Gasteiger partial charge on any atom is 0.416 e. The molecule has 1 aromatic heterocycles. The number of alkyl halides is 6. The summed E-state index contributed by atoms with van der Waals surface area (Å²) < 4.78 is 105. The molecule has 1 aliphatic rings. The SMILES string of the molecule is CN(Cc1cc(C(F)(F)F)cc(C(F)(F)F)c1)C(=O)c1cnc(OCCN2CCOCC2)nc1-c1ccc(F)cc1Cl. The van der Waals surface area contributed by atoms with Crippen molar-refractivity contribution in [1.29, 1.82) is 0 Å². The van der Waals surface area contributed by atoms with Crippen molar-refractivity contribution >= 4 is 17.5 Å². The summed E-state index contributed by atoms with van der Waals surface area (Å²) in [6.07, 6.45) is -8.98. The predicted molar refractivity (Wildman–Crippen MR) is 137 cm³/mol. The Bertz CT molecular complexity index is 1400. The van der Waals surface area contributed by atoms with E-state index in [1.807, 2.05) is 0 Å². The number of carbonyl (C=O) groups is 1. The zero-order valence-corrected chi connectivity index (χ0v) is 22.8. The predicted octanol–water partition coefficient (Wildman–Crippen LogP) is 5.96. The van der Waals surface area contributed by atoms with Crippen LogP contribution in [0.1, 0.15) is 27.0 Å². The highest BCUT2D eigenvalue weighted by Crippen LogP contribution is 2.37. The summed E-state index contributed by atoms with van der Waals surface area (Å²) >= 11 is 6.23. The average Bonchev–Trinajstić information content (AvgIpc) is 2.92. The van der Waals surface area contributed by atoms with Crippen LogP contribution in [-0.2, 0) is 23.6 Å². The van der Waals surface area contributed by atoms with E-state index < -0.39 is 47.3 Å². The minimum absolute atomic E-state index is 0.00554. The molecular weight excluding hydrogens is 597 g/mol. The summed E-state index contributed by atoms with van der Waals surface area (Å²) in [6.45, 7) is 2.74. The number of benzene rings is 2. The Morgan fingerprint density at radius 1 is 1.05 bits per heavy atom. The van der Waals surface area contributed by atoms with E-state index in [1.54, 1.807) is 0 Å². The van der Waals surface area contributed by atoms with Gasteiger partial charge in [0, 0.05) is 45.0 Å². The Hall–Kier alpha value is -3.49. The van der Waals surface area contributed by atoms with Gasteiger partial charge in [0.1, 0.15) is 12.4 Å². The third-order valence-corrected chi connectivity index (χ3v) is 6.65. The van der Waals surface area contributed by atoms with Crippen molar-refractivity contribution in [3.63, 3.8) is 0 Å². The monoisotopic (exact) mass is 620 g/mol. The Morgan fingerprint density at radius 3 is 2.29 bits per heavy atom. The van der Waals surface area contributed by atoms with Gasteiger partial charge >= 0.3 is 18.4 Å². The van der Waals surface area contributed by atoms with Gasteiger partial charge < -0.3 is 14.4 Å². The number of halogens is 8. The molecule has 0 atom stereocenters. The van der Waals surface area contributed by atoms with Gasteiger partial charge in [-0.15, -0.1) is 0 Å². The molecular formula is C27H24ClF7N4O3. The van der Waals surface area contributed by atoms with Crippen LogP contribution >= 0.6 is 11.6 Å². The van der Waals surface area contributed by atoms with Crippen molar-refractivity contribution in [2.45, 2.75) is 18.9 Å². The van der Waals surface area contributed by atoms with Crippen LogP contribution < -0.4 is 4.74 Å². The number of nitrogens with zero attached hydrogens (tertiary/aromatic N) is 4. The van der Waals surface area contributed by atoms with Crippen LogP contribution in [0, 0.1) is 5.82 Å². The Balaban J connectivity index is 1.62. The third-order valence-electron chi connectivity index (χ3n) is 6.34. The standard InChI is InChI=1S/C27H24ClF7N4O3/c1-38(15-16-10-17(26(30,31)32)12-18(11-16)27(33,34)35)24(40)21-14-36-25(42-9-6-39-4-7-41-8-5-39)37-23(21)20-3-2-19(29)13-22(20)28/h2-3,10-14H,4-9,15H2,1H3. The summed E-state index contributed by atoms with van der Waals surface area (Å²) in [4.78, 5) is 24.8. The van der Waals surface area contributed by atoms with E-state index in [1.165, 1.54) is 13.1 Å². The first-order valence-corrected chi connectivity index (χ1v) is 12.9. The Kier molecular flexibility index (Phi) is 9.58. The number of morpholine rings is 1. The number of aromatic nitrogens is 2. The molecule has 0 bridgehead atoms. The lowest BCUT2D eigenvalue weighted by Crippen LogP contribution is -2.38. The second-order valence-corrected chi connectivity index (χ2v) is 9.82. The number of amides is 1. The molecule has 0 aliphatic carbocycles. The zero-order chi connectivity index (χ0) is 30.7. The lowest BCUT2D eigenvalue weighted by molar-refractivity contribution is -0.143. The van der Waals surface area contributed by atoms with E-state index in [0.29, 0.717) is 31.9 Å². The molecule has 15 heteroatoms. The van der Waals surface area contributed by atoms with E-state index in [0.717, 1.165) is 36.3 Å². The third kappa shape index (κ3) is 7.86. The van der Waals surface area contributed by atoms with Crippen LogP contribution in [0.15, 0.2) is 42.6 Å². The smallest absolute Gasteiger partial charge is 0.416 e. The van der Waals surface area contributed by atoms with E-state index in [9.17, 15) is 35.5 Å². The molecule has 0 unspecified atom stereocenters. The minimum atomic E-state index is -5.05. The van der Waals surface area contributed by atoms with Gasteiger partial charge in [0.15, 0.2) is 0 Å². The fraction of sp³-hybridized carbons (Fsp3) is 0.370. The van der Waals surface area contributed by atoms with Gasteiger partial charge in [0.2, 0.25) is 0 Å². The van der Waals surface area contributed by atoms with Crippen molar-refractivity contribution in [3.8, 4) is 17.3 Å². The van der Waals surface area contributed by atoms with Gasteiger partial charge in [-0.05, 0) is 42.0 Å². The number of ether oxygens (including phenoxy) is 2. The topological polar surface area (TPSA) is 67.8 Å². The number of carbonyl (C=O) groups excluding carboxylic acids is 1. The molecule has 1 aliphatic heterocycles. The average molecular weight is 621 g/mol. The fourth-order valence-corrected chi connectivity index (χ4v) is 4.49. The largest absolute Gasteiger partial charge is 0.462 e. The molecule has 42 heavy (non-hydrogen) atoms. The van der Waals surface area contributed by atoms with Gasteiger partial charge in [0.05, 0.1) is 40.6 Å². The van der Waals surface area contributed by atoms with Gasteiger partial charge in [0.25, 0.3) is 5.91 Å². The molecule has 7 nitrogen and oxygen atoms in total. The van der Waals surface area contributed by atoms with E-state index >= 15 is 0 Å². The van der Waals surface area contributed by atoms with Crippen LogP contribution in [0.5, 0.6) is 6.01 Å². The highest BCUT2D eigenvalue weighted by molar-refractivity contribution is 6.33. The van der Waals surface area contributed by atoms with Gasteiger partial charge in [-0.2, -0.15) is 31.3 Å². The second kappa shape index (κ2) is 12.8. The number of hydrogen-bond donors (Lipinski definition) is 0. The molecule has 0 radical (unpaired) electrons. The summed E-state index contributed by atoms with van der Waals surface area (Å²) in [5.41, 5.74) is -3.53. The molecule has 1 fully saturated rings. The maximum atomic E-state index is 13.8. The fourth-order valence-electron chi connectivity index (χ4n) is 4.23. The minimum Gasteiger partial charge on any atom is -0.462 e. The summed E-state index contributed by atoms with van der Waals surface area (Å²) in [6, 6.07) is 4.32. The lowest BCUT2D eigenvalue weighted by Gasteiger charge is -2.26.